The van der Waals surface area contributed by atoms with E-state index < -0.39 is 4.92 Å². The highest BCUT2D eigenvalue weighted by atomic mass is 35.5. The van der Waals surface area contributed by atoms with Gasteiger partial charge >= 0.3 is 5.69 Å². The fourth-order valence-electron chi connectivity index (χ4n) is 1.44. The van der Waals surface area contributed by atoms with Gasteiger partial charge in [-0.1, -0.05) is 6.07 Å². The van der Waals surface area contributed by atoms with Crippen molar-refractivity contribution in [1.29, 1.82) is 0 Å². The quantitative estimate of drug-likeness (QED) is 0.453. The Labute approximate surface area is 110 Å². The zero-order chi connectivity index (χ0) is 13.7. The molecule has 0 aliphatic heterocycles. The molecule has 98 valence electrons. The lowest BCUT2D eigenvalue weighted by atomic mass is 10.1. The van der Waals surface area contributed by atoms with Crippen LogP contribution in [0.3, 0.4) is 0 Å². The predicted octanol–water partition coefficient (Wildman–Crippen LogP) is 2.73. The Hall–Kier alpha value is -1.62. The van der Waals surface area contributed by atoms with E-state index in [9.17, 15) is 14.9 Å². The molecule has 18 heavy (non-hydrogen) atoms. The molecule has 0 saturated carbocycles. The highest BCUT2D eigenvalue weighted by Gasteiger charge is 2.17. The number of carbonyl (C=O) groups excluding carboxylic acids is 1. The van der Waals surface area contributed by atoms with E-state index in [1.165, 1.54) is 12.1 Å². The summed E-state index contributed by atoms with van der Waals surface area (Å²) in [7, 11) is 0. The van der Waals surface area contributed by atoms with E-state index in [1.807, 2.05) is 0 Å². The molecule has 0 heterocycles. The van der Waals surface area contributed by atoms with Gasteiger partial charge in [0.15, 0.2) is 11.5 Å². The number of benzene rings is 1. The summed E-state index contributed by atoms with van der Waals surface area (Å²) < 4.78 is 5.34. The van der Waals surface area contributed by atoms with Crippen LogP contribution in [0.15, 0.2) is 18.2 Å². The molecule has 0 bridgehead atoms. The molecule has 0 fully saturated rings. The first-order valence-electron chi connectivity index (χ1n) is 5.45. The standard InChI is InChI=1S/C12H14ClNO4/c1-8(2)18-12-4-3-9(5-10(15)7-13)6-11(12)14(16)17/h3-4,6,8H,5,7H2,1-2H3. The zero-order valence-corrected chi connectivity index (χ0v) is 10.9. The largest absolute Gasteiger partial charge is 0.484 e. The lowest BCUT2D eigenvalue weighted by Gasteiger charge is -2.10. The van der Waals surface area contributed by atoms with Crippen LogP contribution in [0.2, 0.25) is 0 Å². The number of hydrogen-bond donors (Lipinski definition) is 0. The van der Waals surface area contributed by atoms with Gasteiger partial charge in [0.25, 0.3) is 0 Å². The van der Waals surface area contributed by atoms with E-state index >= 15 is 0 Å². The summed E-state index contributed by atoms with van der Waals surface area (Å²) in [5.41, 5.74) is 0.423. The maximum atomic E-state index is 11.2. The minimum atomic E-state index is -0.521. The summed E-state index contributed by atoms with van der Waals surface area (Å²) >= 11 is 5.40. The molecule has 0 spiro atoms. The first kappa shape index (κ1) is 14.4. The number of alkyl halides is 1. The summed E-state index contributed by atoms with van der Waals surface area (Å²) in [6.45, 7) is 3.57. The molecule has 0 aromatic heterocycles. The zero-order valence-electron chi connectivity index (χ0n) is 10.2. The van der Waals surface area contributed by atoms with Crippen LogP contribution >= 0.6 is 11.6 Å². The van der Waals surface area contributed by atoms with Crippen LogP contribution in [-0.2, 0) is 11.2 Å². The average molecular weight is 272 g/mol. The maximum absolute atomic E-state index is 11.2. The Bertz CT molecular complexity index is 459. The number of halogens is 1. The van der Waals surface area contributed by atoms with E-state index in [0.29, 0.717) is 5.56 Å². The molecule has 5 nitrogen and oxygen atoms in total. The Morgan fingerprint density at radius 2 is 2.17 bits per heavy atom. The molecule has 0 N–H and O–H groups in total. The van der Waals surface area contributed by atoms with E-state index in [1.54, 1.807) is 19.9 Å². The molecule has 0 amide bonds. The molecule has 0 saturated heterocycles. The Kier molecular flexibility index (Phi) is 5.09. The van der Waals surface area contributed by atoms with Gasteiger partial charge in [-0.2, -0.15) is 0 Å². The first-order valence-corrected chi connectivity index (χ1v) is 5.99. The number of ketones is 1. The van der Waals surface area contributed by atoms with Crippen LogP contribution in [-0.4, -0.2) is 22.7 Å². The fourth-order valence-corrected chi connectivity index (χ4v) is 1.54. The van der Waals surface area contributed by atoms with Gasteiger partial charge in [-0.25, -0.2) is 0 Å². The monoisotopic (exact) mass is 271 g/mol. The minimum Gasteiger partial charge on any atom is -0.484 e. The van der Waals surface area contributed by atoms with E-state index in [-0.39, 0.29) is 35.6 Å². The Morgan fingerprint density at radius 3 is 2.67 bits per heavy atom. The van der Waals surface area contributed by atoms with Gasteiger partial charge in [-0.05, 0) is 25.5 Å². The van der Waals surface area contributed by atoms with Crippen molar-refractivity contribution in [3.05, 3.63) is 33.9 Å². The van der Waals surface area contributed by atoms with Crippen LogP contribution in [0.1, 0.15) is 19.4 Å². The van der Waals surface area contributed by atoms with Crippen molar-refractivity contribution in [2.45, 2.75) is 26.4 Å². The third-order valence-electron chi connectivity index (χ3n) is 2.13. The van der Waals surface area contributed by atoms with Crippen LogP contribution in [0, 0.1) is 10.1 Å². The minimum absolute atomic E-state index is 0.0896. The second-order valence-corrected chi connectivity index (χ2v) is 4.34. The molecule has 0 radical (unpaired) electrons. The highest BCUT2D eigenvalue weighted by Crippen LogP contribution is 2.29. The Morgan fingerprint density at radius 1 is 1.50 bits per heavy atom. The smallest absolute Gasteiger partial charge is 0.311 e. The van der Waals surface area contributed by atoms with Crippen LogP contribution in [0.4, 0.5) is 5.69 Å². The van der Waals surface area contributed by atoms with Gasteiger partial charge in [0.05, 0.1) is 16.9 Å². The van der Waals surface area contributed by atoms with Crippen LogP contribution in [0.25, 0.3) is 0 Å². The van der Waals surface area contributed by atoms with Crippen molar-refractivity contribution in [2.75, 3.05) is 5.88 Å². The Balaban J connectivity index is 3.03. The summed E-state index contributed by atoms with van der Waals surface area (Å²) in [6, 6.07) is 4.49. The SMILES string of the molecule is CC(C)Oc1ccc(CC(=O)CCl)cc1[N+](=O)[O-]. The van der Waals surface area contributed by atoms with Crippen molar-refractivity contribution in [2.24, 2.45) is 0 Å². The second-order valence-electron chi connectivity index (χ2n) is 4.07. The third-order valence-corrected chi connectivity index (χ3v) is 2.43. The summed E-state index contributed by atoms with van der Waals surface area (Å²) in [4.78, 5) is 21.6. The van der Waals surface area contributed by atoms with Gasteiger partial charge in [0.2, 0.25) is 0 Å². The second kappa shape index (κ2) is 6.35. The number of Topliss-reactive ketones (excluding diaryl/α,β-unsaturated/α-hetero) is 1. The first-order chi connectivity index (χ1) is 8.43. The predicted molar refractivity (Wildman–Crippen MR) is 68.3 cm³/mol. The number of nitrogens with zero attached hydrogens (tertiary/aromatic N) is 1. The molecular formula is C12H14ClNO4. The molecular weight excluding hydrogens is 258 g/mol. The van der Waals surface area contributed by atoms with Crippen molar-refractivity contribution in [3.8, 4) is 5.75 Å². The molecule has 1 aromatic rings. The lowest BCUT2D eigenvalue weighted by molar-refractivity contribution is -0.386. The van der Waals surface area contributed by atoms with Gasteiger partial charge in [-0.15, -0.1) is 11.6 Å². The molecule has 1 rings (SSSR count). The molecule has 1 aromatic carbocycles. The summed E-state index contributed by atoms with van der Waals surface area (Å²) in [5, 5.41) is 10.9. The summed E-state index contributed by atoms with van der Waals surface area (Å²) in [6.07, 6.45) is -0.0641. The van der Waals surface area contributed by atoms with Crippen molar-refractivity contribution in [1.82, 2.24) is 0 Å². The highest BCUT2D eigenvalue weighted by molar-refractivity contribution is 6.27. The number of hydrogen-bond acceptors (Lipinski definition) is 4. The van der Waals surface area contributed by atoms with Gasteiger partial charge in [0, 0.05) is 12.5 Å². The van der Waals surface area contributed by atoms with Gasteiger partial charge < -0.3 is 4.74 Å². The lowest BCUT2D eigenvalue weighted by Crippen LogP contribution is -2.08. The van der Waals surface area contributed by atoms with Gasteiger partial charge in [-0.3, -0.25) is 14.9 Å². The number of carbonyl (C=O) groups is 1. The molecule has 0 aliphatic carbocycles. The van der Waals surface area contributed by atoms with E-state index in [2.05, 4.69) is 0 Å². The van der Waals surface area contributed by atoms with Gasteiger partial charge in [0.1, 0.15) is 0 Å². The number of nitro benzene ring substituents is 1. The van der Waals surface area contributed by atoms with Crippen LogP contribution in [0.5, 0.6) is 5.75 Å². The topological polar surface area (TPSA) is 69.4 Å². The normalized spacial score (nSPS) is 10.4. The average Bonchev–Trinajstić information content (AvgIpc) is 2.30. The molecule has 0 atom stereocenters. The van der Waals surface area contributed by atoms with E-state index in [0.717, 1.165) is 0 Å². The van der Waals surface area contributed by atoms with E-state index in [4.69, 9.17) is 16.3 Å². The van der Waals surface area contributed by atoms with Crippen molar-refractivity contribution >= 4 is 23.1 Å². The summed E-state index contributed by atoms with van der Waals surface area (Å²) in [5.74, 6) is -0.0709. The maximum Gasteiger partial charge on any atom is 0.311 e. The van der Waals surface area contributed by atoms with Crippen molar-refractivity contribution in [3.63, 3.8) is 0 Å². The molecule has 0 aliphatic rings. The number of nitro groups is 1. The molecule has 6 heteroatoms. The number of ether oxygens (including phenoxy) is 1. The van der Waals surface area contributed by atoms with Crippen LogP contribution < -0.4 is 4.74 Å². The fraction of sp³-hybridized carbons (Fsp3) is 0.417. The third kappa shape index (κ3) is 4.00. The molecule has 0 unspecified atom stereocenters. The number of rotatable bonds is 6. The van der Waals surface area contributed by atoms with Crippen molar-refractivity contribution < 1.29 is 14.5 Å².